The van der Waals surface area contributed by atoms with E-state index in [0.29, 0.717) is 6.54 Å². The van der Waals surface area contributed by atoms with Gasteiger partial charge in [0.2, 0.25) is 0 Å². The van der Waals surface area contributed by atoms with Crippen LogP contribution in [0.15, 0.2) is 43.1 Å². The molecule has 8 heteroatoms. The maximum Gasteiger partial charge on any atom is 0.273 e. The Morgan fingerprint density at radius 3 is 2.74 bits per heavy atom. The first-order valence-corrected chi connectivity index (χ1v) is 6.95. The number of nitrogens with zero attached hydrogens (tertiary/aromatic N) is 5. The fourth-order valence-corrected chi connectivity index (χ4v) is 2.11. The van der Waals surface area contributed by atoms with Crippen molar-refractivity contribution in [3.05, 3.63) is 60.2 Å². The van der Waals surface area contributed by atoms with E-state index >= 15 is 0 Å². The molecule has 3 heterocycles. The van der Waals surface area contributed by atoms with Gasteiger partial charge in [0.1, 0.15) is 11.6 Å². The van der Waals surface area contributed by atoms with Crippen LogP contribution >= 0.6 is 0 Å². The van der Waals surface area contributed by atoms with Gasteiger partial charge in [-0.15, -0.1) is 0 Å². The van der Waals surface area contributed by atoms with Crippen molar-refractivity contribution in [2.75, 3.05) is 5.73 Å². The van der Waals surface area contributed by atoms with Crippen molar-refractivity contribution in [3.8, 4) is 5.82 Å². The largest absolute Gasteiger partial charge is 0.382 e. The minimum absolute atomic E-state index is 0.106. The second-order valence-electron chi connectivity index (χ2n) is 4.84. The van der Waals surface area contributed by atoms with Crippen LogP contribution in [-0.2, 0) is 6.54 Å². The van der Waals surface area contributed by atoms with Crippen LogP contribution < -0.4 is 11.1 Å². The third-order valence-electron chi connectivity index (χ3n) is 3.28. The molecule has 0 aromatic carbocycles. The molecule has 0 atom stereocenters. The number of amides is 1. The first-order valence-electron chi connectivity index (χ1n) is 6.95. The summed E-state index contributed by atoms with van der Waals surface area (Å²) in [5, 5.41) is 2.77. The number of pyridine rings is 1. The van der Waals surface area contributed by atoms with Crippen molar-refractivity contribution >= 4 is 11.7 Å². The van der Waals surface area contributed by atoms with E-state index in [9.17, 15) is 4.79 Å². The molecule has 0 unspecified atom stereocenters. The number of hydrogen-bond acceptors (Lipinski definition) is 6. The van der Waals surface area contributed by atoms with E-state index in [0.717, 1.165) is 17.2 Å². The van der Waals surface area contributed by atoms with Gasteiger partial charge in [-0.05, 0) is 24.6 Å². The Bertz CT molecular complexity index is 843. The Labute approximate surface area is 132 Å². The number of anilines is 1. The summed E-state index contributed by atoms with van der Waals surface area (Å²) in [6.07, 6.45) is 8.10. The van der Waals surface area contributed by atoms with Gasteiger partial charge in [0.05, 0.1) is 0 Å². The van der Waals surface area contributed by atoms with Crippen molar-refractivity contribution in [3.63, 3.8) is 0 Å². The standard InChI is InChI=1S/C15H15N7O/c1-10-17-6-7-22(10)12-8-11(2-3-18-12)9-21-15(23)13-14(16)20-5-4-19-13/h2-8H,9H2,1H3,(H2,16,20)(H,21,23). The van der Waals surface area contributed by atoms with Gasteiger partial charge in [-0.3, -0.25) is 9.36 Å². The molecule has 116 valence electrons. The lowest BCUT2D eigenvalue weighted by Gasteiger charge is -2.08. The molecule has 3 rings (SSSR count). The molecule has 0 spiro atoms. The molecule has 0 saturated carbocycles. The van der Waals surface area contributed by atoms with E-state index in [4.69, 9.17) is 5.73 Å². The van der Waals surface area contributed by atoms with Crippen LogP contribution in [-0.4, -0.2) is 30.4 Å². The summed E-state index contributed by atoms with van der Waals surface area (Å²) in [7, 11) is 0. The predicted molar refractivity (Wildman–Crippen MR) is 83.7 cm³/mol. The average molecular weight is 309 g/mol. The van der Waals surface area contributed by atoms with E-state index in [1.807, 2.05) is 29.8 Å². The van der Waals surface area contributed by atoms with Crippen LogP contribution in [0.5, 0.6) is 0 Å². The molecule has 0 saturated heterocycles. The number of carbonyl (C=O) groups excluding carboxylic acids is 1. The van der Waals surface area contributed by atoms with Crippen LogP contribution in [0.3, 0.4) is 0 Å². The van der Waals surface area contributed by atoms with E-state index in [1.54, 1.807) is 12.4 Å². The number of hydrogen-bond donors (Lipinski definition) is 2. The molecule has 0 aliphatic rings. The van der Waals surface area contributed by atoms with E-state index < -0.39 is 0 Å². The Balaban J connectivity index is 1.73. The van der Waals surface area contributed by atoms with Gasteiger partial charge in [-0.25, -0.2) is 19.9 Å². The van der Waals surface area contributed by atoms with E-state index in [2.05, 4.69) is 25.3 Å². The van der Waals surface area contributed by atoms with Crippen molar-refractivity contribution in [1.29, 1.82) is 0 Å². The van der Waals surface area contributed by atoms with Crippen LogP contribution in [0.1, 0.15) is 21.9 Å². The van der Waals surface area contributed by atoms with Crippen molar-refractivity contribution < 1.29 is 4.79 Å². The number of nitrogens with two attached hydrogens (primary N) is 1. The number of rotatable bonds is 4. The van der Waals surface area contributed by atoms with Gasteiger partial charge < -0.3 is 11.1 Å². The lowest BCUT2D eigenvalue weighted by Crippen LogP contribution is -2.25. The third kappa shape index (κ3) is 3.15. The first-order chi connectivity index (χ1) is 11.1. The van der Waals surface area contributed by atoms with E-state index in [-0.39, 0.29) is 17.4 Å². The monoisotopic (exact) mass is 309 g/mol. The number of aromatic nitrogens is 5. The molecular weight excluding hydrogens is 294 g/mol. The molecule has 0 fully saturated rings. The quantitative estimate of drug-likeness (QED) is 0.740. The molecule has 0 aliphatic carbocycles. The van der Waals surface area contributed by atoms with Gasteiger partial charge in [0, 0.05) is 37.5 Å². The Hall–Kier alpha value is -3.29. The van der Waals surface area contributed by atoms with Gasteiger partial charge in [0.15, 0.2) is 11.5 Å². The minimum Gasteiger partial charge on any atom is -0.382 e. The molecule has 0 bridgehead atoms. The van der Waals surface area contributed by atoms with Crippen molar-refractivity contribution in [2.24, 2.45) is 0 Å². The molecule has 0 radical (unpaired) electrons. The topological polar surface area (TPSA) is 112 Å². The van der Waals surface area contributed by atoms with Crippen LogP contribution in [0, 0.1) is 6.92 Å². The molecule has 3 N–H and O–H groups in total. The third-order valence-corrected chi connectivity index (χ3v) is 3.28. The summed E-state index contributed by atoms with van der Waals surface area (Å²) in [5.41, 5.74) is 6.66. The highest BCUT2D eigenvalue weighted by molar-refractivity contribution is 5.96. The number of nitrogens with one attached hydrogen (secondary N) is 1. The smallest absolute Gasteiger partial charge is 0.273 e. The van der Waals surface area contributed by atoms with Crippen LogP contribution in [0.4, 0.5) is 5.82 Å². The second kappa shape index (κ2) is 6.22. The molecule has 23 heavy (non-hydrogen) atoms. The maximum atomic E-state index is 12.1. The molecule has 1 amide bonds. The fraction of sp³-hybridized carbons (Fsp3) is 0.133. The zero-order chi connectivity index (χ0) is 16.2. The highest BCUT2D eigenvalue weighted by atomic mass is 16.1. The van der Waals surface area contributed by atoms with Gasteiger partial charge in [0.25, 0.3) is 5.91 Å². The SMILES string of the molecule is Cc1nccn1-c1cc(CNC(=O)c2nccnc2N)ccn1. The number of carbonyl (C=O) groups is 1. The highest BCUT2D eigenvalue weighted by Gasteiger charge is 2.11. The number of imidazole rings is 1. The van der Waals surface area contributed by atoms with Crippen LogP contribution in [0.2, 0.25) is 0 Å². The number of aryl methyl sites for hydroxylation is 1. The Morgan fingerprint density at radius 2 is 2.00 bits per heavy atom. The summed E-state index contributed by atoms with van der Waals surface area (Å²) in [6.45, 7) is 2.23. The summed E-state index contributed by atoms with van der Waals surface area (Å²) >= 11 is 0. The zero-order valence-corrected chi connectivity index (χ0v) is 12.5. The minimum atomic E-state index is -0.368. The first kappa shape index (κ1) is 14.6. The van der Waals surface area contributed by atoms with Gasteiger partial charge >= 0.3 is 0 Å². The molecule has 8 nitrogen and oxygen atoms in total. The molecule has 0 aliphatic heterocycles. The predicted octanol–water partition coefficient (Wildman–Crippen LogP) is 0.878. The summed E-state index contributed by atoms with van der Waals surface area (Å²) < 4.78 is 1.87. The Morgan fingerprint density at radius 1 is 1.17 bits per heavy atom. The lowest BCUT2D eigenvalue weighted by molar-refractivity contribution is 0.0946. The maximum absolute atomic E-state index is 12.1. The molecule has 3 aromatic rings. The normalized spacial score (nSPS) is 10.5. The van der Waals surface area contributed by atoms with Crippen molar-refractivity contribution in [1.82, 2.24) is 29.8 Å². The van der Waals surface area contributed by atoms with Crippen molar-refractivity contribution in [2.45, 2.75) is 13.5 Å². The second-order valence-corrected chi connectivity index (χ2v) is 4.84. The molecule has 3 aromatic heterocycles. The lowest BCUT2D eigenvalue weighted by atomic mass is 10.2. The van der Waals surface area contributed by atoms with Gasteiger partial charge in [-0.2, -0.15) is 0 Å². The molecular formula is C15H15N7O. The summed E-state index contributed by atoms with van der Waals surface area (Å²) in [5.74, 6) is 1.32. The fourth-order valence-electron chi connectivity index (χ4n) is 2.11. The summed E-state index contributed by atoms with van der Waals surface area (Å²) in [4.78, 5) is 28.3. The van der Waals surface area contributed by atoms with Crippen LogP contribution in [0.25, 0.3) is 5.82 Å². The average Bonchev–Trinajstić information content (AvgIpc) is 2.99. The summed E-state index contributed by atoms with van der Waals surface area (Å²) in [6, 6.07) is 3.71. The number of nitrogen functional groups attached to an aromatic ring is 1. The Kier molecular flexibility index (Phi) is 3.96. The highest BCUT2D eigenvalue weighted by Crippen LogP contribution is 2.10. The van der Waals surface area contributed by atoms with Gasteiger partial charge in [-0.1, -0.05) is 0 Å². The zero-order valence-electron chi connectivity index (χ0n) is 12.5. The van der Waals surface area contributed by atoms with E-state index in [1.165, 1.54) is 12.4 Å².